The lowest BCUT2D eigenvalue weighted by molar-refractivity contribution is -0.132. The largest absolute Gasteiger partial charge is 0.507 e. The van der Waals surface area contributed by atoms with E-state index in [-0.39, 0.29) is 149 Å². The topological polar surface area (TPSA) is 289 Å². The van der Waals surface area contributed by atoms with Crippen LogP contribution in [0.3, 0.4) is 0 Å². The third-order valence-corrected chi connectivity index (χ3v) is 27.7. The number of anilines is 6. The van der Waals surface area contributed by atoms with E-state index in [9.17, 15) is 53.7 Å². The summed E-state index contributed by atoms with van der Waals surface area (Å²) >= 11 is 20.3. The van der Waals surface area contributed by atoms with Crippen LogP contribution in [-0.2, 0) is 43.2 Å². The van der Waals surface area contributed by atoms with Gasteiger partial charge in [0, 0.05) is 117 Å². The molecule has 35 heteroatoms. The van der Waals surface area contributed by atoms with Crippen molar-refractivity contribution in [2.75, 3.05) is 89.8 Å². The van der Waals surface area contributed by atoms with Crippen LogP contribution in [0.2, 0.25) is 15.1 Å². The number of nitrogens with zero attached hydrogens (tertiary/aromatic N) is 14. The highest BCUT2D eigenvalue weighted by molar-refractivity contribution is 6.36. The summed E-state index contributed by atoms with van der Waals surface area (Å²) in [7, 11) is 4.50. The van der Waals surface area contributed by atoms with Gasteiger partial charge in [-0.2, -0.15) is 0 Å². The first-order valence-corrected chi connectivity index (χ1v) is 46.2. The lowest BCUT2D eigenvalue weighted by Crippen LogP contribution is -2.66. The van der Waals surface area contributed by atoms with Gasteiger partial charge in [0.05, 0.1) is 113 Å². The number of carbonyl (C=O) groups is 5. The molecule has 18 rings (SSSR count). The van der Waals surface area contributed by atoms with Crippen molar-refractivity contribution in [2.45, 2.75) is 156 Å². The Morgan fingerprint density at radius 3 is 0.978 bits per heavy atom. The fraction of sp³-hybridized carbons (Fsp3) is 0.324. The number of nitrogens with one attached hydrogen (secondary N) is 1. The number of likely N-dealkylation sites (N-methyl/N-ethyl adjacent to an activating group) is 3. The van der Waals surface area contributed by atoms with Crippen molar-refractivity contribution in [1.29, 1.82) is 0 Å². The van der Waals surface area contributed by atoms with E-state index < -0.39 is 139 Å². The summed E-state index contributed by atoms with van der Waals surface area (Å²) in [6.07, 6.45) is 8.72. The first kappa shape index (κ1) is 96.6. The molecular weight excluding hydrogens is 1830 g/mol. The highest BCUT2D eigenvalue weighted by atomic mass is 35.5. The van der Waals surface area contributed by atoms with Crippen LogP contribution in [0.25, 0.3) is 83.2 Å². The molecule has 0 radical (unpaired) electrons. The molecule has 0 spiro atoms. The number of fused-ring (bicyclic) bond motifs is 15. The van der Waals surface area contributed by atoms with Gasteiger partial charge in [-0.25, -0.2) is 26.3 Å². The summed E-state index contributed by atoms with van der Waals surface area (Å²) in [4.78, 5) is 138. The number of rotatable bonds is 14. The molecule has 6 aromatic carbocycles. The highest BCUT2D eigenvalue weighted by Crippen LogP contribution is 2.54. The maximum atomic E-state index is 17.4. The number of halogens is 9. The van der Waals surface area contributed by atoms with Crippen molar-refractivity contribution >= 4 is 131 Å². The van der Waals surface area contributed by atoms with Gasteiger partial charge >= 0.3 is 0 Å². The molecule has 6 atom stereocenters. The van der Waals surface area contributed by atoms with Crippen molar-refractivity contribution < 1.29 is 65.6 Å². The smallest absolute Gasteiger partial charge is 0.281 e. The Labute approximate surface area is 799 Å². The molecule has 6 aliphatic rings. The van der Waals surface area contributed by atoms with Gasteiger partial charge in [-0.1, -0.05) is 128 Å². The molecule has 712 valence electrons. The molecule has 26 nitrogen and oxygen atoms in total. The molecule has 0 unspecified atom stereocenters. The molecule has 3 saturated heterocycles. The lowest BCUT2D eigenvalue weighted by Gasteiger charge is -2.50. The van der Waals surface area contributed by atoms with E-state index in [1.165, 1.54) is 109 Å². The molecule has 0 aliphatic carbocycles. The summed E-state index contributed by atoms with van der Waals surface area (Å²) in [5.74, 6) is -9.58. The quantitative estimate of drug-likeness (QED) is 0.0581. The summed E-state index contributed by atoms with van der Waals surface area (Å²) < 4.78 is 102. The summed E-state index contributed by atoms with van der Waals surface area (Å²) in [5, 5.41) is 35.5. The molecule has 137 heavy (non-hydrogen) atoms. The fourth-order valence-electron chi connectivity index (χ4n) is 20.2. The summed E-state index contributed by atoms with van der Waals surface area (Å²) in [6, 6.07) is 17.3. The van der Waals surface area contributed by atoms with Crippen LogP contribution in [0, 0.1) is 34.9 Å². The van der Waals surface area contributed by atoms with Gasteiger partial charge in [0.1, 0.15) is 69.9 Å². The Hall–Kier alpha value is -13.6. The van der Waals surface area contributed by atoms with E-state index in [2.05, 4.69) is 33.4 Å². The zero-order valence-corrected chi connectivity index (χ0v) is 80.1. The van der Waals surface area contributed by atoms with Crippen molar-refractivity contribution in [3.63, 3.8) is 0 Å². The predicted molar refractivity (Wildman–Crippen MR) is 522 cm³/mol. The molecule has 0 bridgehead atoms. The van der Waals surface area contributed by atoms with Gasteiger partial charge in [-0.3, -0.25) is 67.0 Å². The molecule has 6 aliphatic heterocycles. The molecule has 4 N–H and O–H groups in total. The van der Waals surface area contributed by atoms with Crippen molar-refractivity contribution in [2.24, 2.45) is 0 Å². The Morgan fingerprint density at radius 2 is 0.708 bits per heavy atom. The molecule has 5 amide bonds. The second kappa shape index (κ2) is 37.2. The Kier molecular flexibility index (Phi) is 26.2. The van der Waals surface area contributed by atoms with Crippen molar-refractivity contribution in [1.82, 2.24) is 43.8 Å². The molecule has 12 heterocycles. The zero-order valence-electron chi connectivity index (χ0n) is 77.8. The Bertz CT molecular complexity index is 7000. The number of piperazine rings is 3. The van der Waals surface area contributed by atoms with Crippen LogP contribution in [0.4, 0.5) is 60.5 Å². The van der Waals surface area contributed by atoms with E-state index in [0.29, 0.717) is 83.3 Å². The number of aromatic hydroxyl groups is 3. The Balaban J connectivity index is 0.000000149. The average Bonchev–Trinajstić information content (AvgIpc) is 0.702. The van der Waals surface area contributed by atoms with Gasteiger partial charge in [0.15, 0.2) is 17.5 Å². The molecule has 6 aromatic heterocycles. The number of aryl methyl sites for hydroxylation is 3. The maximum absolute atomic E-state index is 17.4. The number of hydrogen-bond acceptors (Lipinski definition) is 18. The number of phenolic OH excluding ortho intramolecular Hbond substituents is 3. The number of phenols is 3. The van der Waals surface area contributed by atoms with Gasteiger partial charge in [-0.15, -0.1) is 0 Å². The summed E-state index contributed by atoms with van der Waals surface area (Å²) in [5.41, 5.74) is 0.834. The number of aromatic nitrogens is 6. The van der Waals surface area contributed by atoms with Crippen LogP contribution in [-0.4, -0.2) is 180 Å². The number of benzene rings is 6. The molecule has 12 aromatic rings. The van der Waals surface area contributed by atoms with Gasteiger partial charge in [0.2, 0.25) is 11.8 Å². The summed E-state index contributed by atoms with van der Waals surface area (Å²) in [6.45, 7) is 31.0. The first-order chi connectivity index (χ1) is 65.1. The van der Waals surface area contributed by atoms with E-state index in [0.717, 1.165) is 23.8 Å². The normalized spacial score (nSPS) is 17.9. The Morgan fingerprint density at radius 1 is 0.423 bits per heavy atom. The predicted octanol–water partition coefficient (Wildman–Crippen LogP) is 17.4. The van der Waals surface area contributed by atoms with E-state index >= 15 is 26.3 Å². The fourth-order valence-corrected chi connectivity index (χ4v) is 21.1. The van der Waals surface area contributed by atoms with E-state index in [1.54, 1.807) is 63.4 Å². The highest BCUT2D eigenvalue weighted by Gasteiger charge is 2.51. The number of carbonyl (C=O) groups excluding carboxylic acids is 5. The van der Waals surface area contributed by atoms with E-state index in [1.807, 2.05) is 88.0 Å². The second-order valence-electron chi connectivity index (χ2n) is 36.0. The first-order valence-electron chi connectivity index (χ1n) is 45.1. The minimum Gasteiger partial charge on any atom is -0.507 e. The van der Waals surface area contributed by atoms with Crippen molar-refractivity contribution in [3.05, 3.63) is 250 Å². The minimum atomic E-state index is -1.03. The zero-order chi connectivity index (χ0) is 99.0. The number of hydrogen-bond donors (Lipinski definition) is 4. The third-order valence-electron chi connectivity index (χ3n) is 26.8. The molecular formula is C102H100Cl3F6N15O11. The van der Waals surface area contributed by atoms with Crippen LogP contribution in [0.15, 0.2) is 149 Å². The minimum absolute atomic E-state index is 0.00650. The monoisotopic (exact) mass is 1930 g/mol. The van der Waals surface area contributed by atoms with Crippen molar-refractivity contribution in [3.8, 4) is 67.7 Å². The van der Waals surface area contributed by atoms with Gasteiger partial charge in [0.25, 0.3) is 34.4 Å². The third kappa shape index (κ3) is 15.6. The molecule has 3 fully saturated rings. The lowest BCUT2D eigenvalue weighted by atomic mass is 9.95. The molecule has 0 saturated carbocycles. The maximum Gasteiger partial charge on any atom is 0.281 e. The van der Waals surface area contributed by atoms with Gasteiger partial charge < -0.3 is 59.8 Å². The van der Waals surface area contributed by atoms with Crippen LogP contribution < -0.4 is 51.4 Å². The van der Waals surface area contributed by atoms with Gasteiger partial charge in [-0.05, 0) is 159 Å². The van der Waals surface area contributed by atoms with Crippen LogP contribution >= 0.6 is 34.8 Å². The second-order valence-corrected chi connectivity index (χ2v) is 37.2. The van der Waals surface area contributed by atoms with E-state index in [4.69, 9.17) is 34.8 Å². The van der Waals surface area contributed by atoms with Crippen LogP contribution in [0.1, 0.15) is 135 Å². The van der Waals surface area contributed by atoms with Crippen LogP contribution in [0.5, 0.6) is 17.2 Å². The SMILES string of the molecule is C=CC(=O)N1C[C@@H]2C(=O)N(C)c3c(c4cc(Cl)c(-c5c(O)cccc5F)c(F)c4n(-c4c(CC)ccnc4C(C)C)c3=O)N2C[C@H]1C.C=CC(=O)N1C[C@@H]2C(=O)N(C)c3c(c4cc(Cl)c(-c5c(O)cccc5F)c(F)c4n(-c4c(CC)ccnc4C(C)C)c3=O)N2C[C@H]1C.CCc1ccnc(C(C)C)c1-n1c(=O)c2c(c3cc(Cl)c(-c4c(O)cccc4F)c(F)c31)N1C[C@@H](C)NC[C@@H]1C(=O)N2C. The number of pyridine rings is 6. The number of amides is 5. The average molecular weight is 1930 g/mol. The standard InChI is InChI=1S/2C35H34ClF2N5O4.C32H32ClF2N5O3/c2*1-7-19-12-13-39-29(17(3)4)30(19)43-31-20(14-21(36)26(28(31)38)27-22(37)10-9-11-24(27)44)32-33(35(43)47)40(6)34(46)23-16-41(25(45)8-2)18(5)15-42(23)32;1-6-17-10-11-36-26(15(2)3)27(17)40-28-18(12-19(33)23(25(28)35)24-20(34)8-7-9-22(24)41)29-30(32(40)43)38(5)31(42)21-13-37-16(4)14-39(21)29/h2*8-14,17-18,23,44H,2,7,15-16H2,1,3-6H3;7-12,15-16,21,37,41H,6,13-14H2,1-5H3/t2*18-,23-;16-,21-/m111/s1.